The Balaban J connectivity index is 1.70. The second-order valence-corrected chi connectivity index (χ2v) is 6.50. The Hall–Kier alpha value is -3.14. The molecule has 0 radical (unpaired) electrons. The van der Waals surface area contributed by atoms with Crippen LogP contribution in [-0.2, 0) is 6.18 Å². The van der Waals surface area contributed by atoms with Crippen LogP contribution in [-0.4, -0.2) is 34.1 Å². The molecule has 1 saturated heterocycles. The first-order valence-corrected chi connectivity index (χ1v) is 8.71. The van der Waals surface area contributed by atoms with Crippen molar-refractivity contribution in [3.8, 4) is 0 Å². The number of H-pyrrole nitrogens is 1. The summed E-state index contributed by atoms with van der Waals surface area (Å²) in [7, 11) is 0. The van der Waals surface area contributed by atoms with Crippen LogP contribution in [0.4, 0.5) is 30.6 Å². The normalized spacial score (nSPS) is 17.0. The van der Waals surface area contributed by atoms with Gasteiger partial charge in [-0.2, -0.15) is 18.2 Å². The summed E-state index contributed by atoms with van der Waals surface area (Å²) in [4.78, 5) is 23.6. The lowest BCUT2D eigenvalue weighted by Crippen LogP contribution is -2.24. The summed E-state index contributed by atoms with van der Waals surface area (Å²) in [5.41, 5.74) is -0.327. The van der Waals surface area contributed by atoms with Gasteiger partial charge in [0.25, 0.3) is 5.56 Å². The Morgan fingerprint density at radius 3 is 2.57 bits per heavy atom. The number of pyridine rings is 1. The highest BCUT2D eigenvalue weighted by molar-refractivity contribution is 5.90. The summed E-state index contributed by atoms with van der Waals surface area (Å²) >= 11 is 0. The van der Waals surface area contributed by atoms with Crippen LogP contribution < -0.4 is 21.5 Å². The third-order valence-corrected chi connectivity index (χ3v) is 4.49. The van der Waals surface area contributed by atoms with E-state index in [0.717, 1.165) is 31.6 Å². The Bertz CT molecular complexity index is 1040. The fourth-order valence-electron chi connectivity index (χ4n) is 3.09. The maximum absolute atomic E-state index is 12.8. The fraction of sp³-hybridized carbons (Fsp3) is 0.278. The van der Waals surface area contributed by atoms with Gasteiger partial charge in [-0.25, -0.2) is 4.98 Å². The van der Waals surface area contributed by atoms with Gasteiger partial charge in [0.2, 0.25) is 5.95 Å². The predicted octanol–water partition coefficient (Wildman–Crippen LogP) is 2.85. The number of aromatic amines is 1. The average molecular weight is 390 g/mol. The van der Waals surface area contributed by atoms with Crippen LogP contribution in [0.3, 0.4) is 0 Å². The number of nitrogens with zero attached hydrogens (tertiary/aromatic N) is 2. The zero-order valence-electron chi connectivity index (χ0n) is 14.6. The van der Waals surface area contributed by atoms with Gasteiger partial charge in [0.05, 0.1) is 11.1 Å². The minimum Gasteiger partial charge on any atom is -0.350 e. The number of halogens is 3. The van der Waals surface area contributed by atoms with Crippen molar-refractivity contribution < 1.29 is 13.2 Å². The maximum Gasteiger partial charge on any atom is 0.416 e. The van der Waals surface area contributed by atoms with Crippen molar-refractivity contribution in [2.24, 2.45) is 0 Å². The number of hydrogen-bond acceptors (Lipinski definition) is 6. The lowest BCUT2D eigenvalue weighted by molar-refractivity contribution is -0.137. The molecule has 2 aromatic heterocycles. The summed E-state index contributed by atoms with van der Waals surface area (Å²) in [6.45, 7) is 1.67. The summed E-state index contributed by atoms with van der Waals surface area (Å²) in [6, 6.07) is 6.34. The molecule has 0 spiro atoms. The van der Waals surface area contributed by atoms with Crippen LogP contribution in [0.15, 0.2) is 41.3 Å². The van der Waals surface area contributed by atoms with Crippen LogP contribution in [0.25, 0.3) is 10.9 Å². The molecule has 7 nitrogen and oxygen atoms in total. The predicted molar refractivity (Wildman–Crippen MR) is 99.8 cm³/mol. The zero-order chi connectivity index (χ0) is 19.7. The molecule has 3 heterocycles. The molecule has 1 aromatic carbocycles. The van der Waals surface area contributed by atoms with E-state index in [1.807, 2.05) is 0 Å². The Morgan fingerprint density at radius 1 is 1.11 bits per heavy atom. The Morgan fingerprint density at radius 2 is 1.89 bits per heavy atom. The highest BCUT2D eigenvalue weighted by Crippen LogP contribution is 2.31. The number of benzene rings is 1. The van der Waals surface area contributed by atoms with Crippen molar-refractivity contribution in [2.45, 2.75) is 18.6 Å². The average Bonchev–Trinajstić information content (AvgIpc) is 3.14. The highest BCUT2D eigenvalue weighted by Gasteiger charge is 2.30. The van der Waals surface area contributed by atoms with E-state index >= 15 is 0 Å². The molecule has 1 fully saturated rings. The largest absolute Gasteiger partial charge is 0.416 e. The molecular formula is C18H17F3N6O. The molecular weight excluding hydrogens is 373 g/mol. The van der Waals surface area contributed by atoms with E-state index in [-0.39, 0.29) is 22.8 Å². The minimum atomic E-state index is -4.41. The topological polar surface area (TPSA) is 94.7 Å². The standard InChI is InChI=1S/C18H17F3N6O/c19-18(20,21)10-1-3-11(4-2-10)24-15-14-13(6-8-23-16(14)28)26-17(27-15)25-12-5-7-22-9-12/h1-4,6,8,12,22H,5,7,9H2,(H,23,28)(H2,24,25,26,27). The molecule has 28 heavy (non-hydrogen) atoms. The smallest absolute Gasteiger partial charge is 0.350 e. The number of anilines is 3. The second kappa shape index (κ2) is 7.12. The van der Waals surface area contributed by atoms with Crippen LogP contribution in [0, 0.1) is 0 Å². The Kier molecular flexibility index (Phi) is 4.63. The van der Waals surface area contributed by atoms with Crippen molar-refractivity contribution in [3.05, 3.63) is 52.4 Å². The number of fused-ring (bicyclic) bond motifs is 1. The van der Waals surface area contributed by atoms with Gasteiger partial charge in [0, 0.05) is 24.5 Å². The molecule has 1 atom stereocenters. The van der Waals surface area contributed by atoms with Gasteiger partial charge in [0.15, 0.2) is 0 Å². The van der Waals surface area contributed by atoms with Crippen LogP contribution in [0.1, 0.15) is 12.0 Å². The second-order valence-electron chi connectivity index (χ2n) is 6.50. The number of hydrogen-bond donors (Lipinski definition) is 4. The molecule has 146 valence electrons. The molecule has 3 aromatic rings. The molecule has 1 unspecified atom stereocenters. The third kappa shape index (κ3) is 3.77. The van der Waals surface area contributed by atoms with Gasteiger partial charge >= 0.3 is 6.18 Å². The molecule has 1 aliphatic heterocycles. The molecule has 0 saturated carbocycles. The summed E-state index contributed by atoms with van der Waals surface area (Å²) in [5, 5.41) is 9.62. The number of rotatable bonds is 4. The Labute approximate surface area is 157 Å². The van der Waals surface area contributed by atoms with E-state index in [1.165, 1.54) is 18.3 Å². The number of nitrogens with one attached hydrogen (secondary N) is 4. The van der Waals surface area contributed by atoms with Crippen LogP contribution >= 0.6 is 0 Å². The molecule has 0 aliphatic carbocycles. The summed E-state index contributed by atoms with van der Waals surface area (Å²) in [5.74, 6) is 0.571. The first-order valence-electron chi connectivity index (χ1n) is 8.71. The van der Waals surface area contributed by atoms with Gasteiger partial charge in [-0.05, 0) is 43.3 Å². The van der Waals surface area contributed by atoms with Crippen molar-refractivity contribution in [1.82, 2.24) is 20.3 Å². The van der Waals surface area contributed by atoms with Crippen LogP contribution in [0.2, 0.25) is 0 Å². The SMILES string of the molecule is O=c1[nH]ccc2nc(NC3CCNC3)nc(Nc3ccc(C(F)(F)F)cc3)c12. The van der Waals surface area contributed by atoms with E-state index in [2.05, 4.69) is 30.9 Å². The molecule has 10 heteroatoms. The van der Waals surface area contributed by atoms with Gasteiger partial charge in [-0.1, -0.05) is 0 Å². The van der Waals surface area contributed by atoms with Crippen molar-refractivity contribution >= 4 is 28.4 Å². The van der Waals surface area contributed by atoms with Crippen molar-refractivity contribution in [2.75, 3.05) is 23.7 Å². The summed E-state index contributed by atoms with van der Waals surface area (Å²) < 4.78 is 38.3. The van der Waals surface area contributed by atoms with E-state index in [0.29, 0.717) is 17.2 Å². The molecule has 1 aliphatic rings. The molecule has 0 bridgehead atoms. The lowest BCUT2D eigenvalue weighted by atomic mass is 10.2. The van der Waals surface area contributed by atoms with E-state index < -0.39 is 11.7 Å². The number of alkyl halides is 3. The first-order chi connectivity index (χ1) is 13.4. The molecule has 4 rings (SSSR count). The van der Waals surface area contributed by atoms with Crippen molar-refractivity contribution in [3.63, 3.8) is 0 Å². The quantitative estimate of drug-likeness (QED) is 0.547. The van der Waals surface area contributed by atoms with Gasteiger partial charge in [0.1, 0.15) is 11.2 Å². The first kappa shape index (κ1) is 18.2. The zero-order valence-corrected chi connectivity index (χ0v) is 14.6. The maximum atomic E-state index is 12.8. The monoisotopic (exact) mass is 390 g/mol. The van der Waals surface area contributed by atoms with Crippen LogP contribution in [0.5, 0.6) is 0 Å². The van der Waals surface area contributed by atoms with Crippen molar-refractivity contribution in [1.29, 1.82) is 0 Å². The molecule has 4 N–H and O–H groups in total. The van der Waals surface area contributed by atoms with Gasteiger partial charge < -0.3 is 20.9 Å². The fourth-order valence-corrected chi connectivity index (χ4v) is 3.09. The molecule has 0 amide bonds. The lowest BCUT2D eigenvalue weighted by Gasteiger charge is -2.14. The highest BCUT2D eigenvalue weighted by atomic mass is 19.4. The van der Waals surface area contributed by atoms with E-state index in [9.17, 15) is 18.0 Å². The summed E-state index contributed by atoms with van der Waals surface area (Å²) in [6.07, 6.45) is -2.01. The van der Waals surface area contributed by atoms with Gasteiger partial charge in [-0.3, -0.25) is 4.79 Å². The third-order valence-electron chi connectivity index (χ3n) is 4.49. The number of aromatic nitrogens is 3. The van der Waals surface area contributed by atoms with E-state index in [1.54, 1.807) is 6.07 Å². The van der Waals surface area contributed by atoms with E-state index in [4.69, 9.17) is 0 Å². The minimum absolute atomic E-state index is 0.165. The van der Waals surface area contributed by atoms with Gasteiger partial charge in [-0.15, -0.1) is 0 Å².